The molecule has 0 fully saturated rings. The summed E-state index contributed by atoms with van der Waals surface area (Å²) in [7, 11) is -0.864. The van der Waals surface area contributed by atoms with Crippen LogP contribution in [-0.4, -0.2) is 41.6 Å². The van der Waals surface area contributed by atoms with E-state index in [-0.39, 0.29) is 11.5 Å². The van der Waals surface area contributed by atoms with Crippen LogP contribution in [0.3, 0.4) is 0 Å². The summed E-state index contributed by atoms with van der Waals surface area (Å²) in [6.07, 6.45) is 2.57. The fourth-order valence-corrected chi connectivity index (χ4v) is 1.69. The van der Waals surface area contributed by atoms with Crippen molar-refractivity contribution < 1.29 is 14.5 Å². The number of carbonyl (C=O) groups excluding carboxylic acids is 1. The second kappa shape index (κ2) is 5.89. The van der Waals surface area contributed by atoms with Crippen molar-refractivity contribution in [1.82, 2.24) is 4.90 Å². The highest BCUT2D eigenvalue weighted by Crippen LogP contribution is 2.24. The smallest absolute Gasteiger partial charge is 0.423 e. The third kappa shape index (κ3) is 3.85. The number of nitrogens with zero attached hydrogens (tertiary/aromatic N) is 1. The number of carbonyl (C=O) groups is 1. The van der Waals surface area contributed by atoms with Gasteiger partial charge in [-0.3, -0.25) is 4.79 Å². The second-order valence-corrected chi connectivity index (χ2v) is 5.72. The Morgan fingerprint density at radius 3 is 2.56 bits per heavy atom. The molecule has 0 aliphatic carbocycles. The molecule has 0 aromatic heterocycles. The van der Waals surface area contributed by atoms with E-state index in [1.54, 1.807) is 11.8 Å². The van der Waals surface area contributed by atoms with Gasteiger partial charge in [0.2, 0.25) is 5.91 Å². The fraction of sp³-hybridized carbons (Fsp3) is 0.769. The van der Waals surface area contributed by atoms with Crippen LogP contribution in [0.2, 0.25) is 0 Å². The van der Waals surface area contributed by atoms with E-state index in [1.807, 2.05) is 19.9 Å². The Labute approximate surface area is 110 Å². The lowest BCUT2D eigenvalue weighted by Crippen LogP contribution is -2.42. The van der Waals surface area contributed by atoms with E-state index in [1.165, 1.54) is 0 Å². The van der Waals surface area contributed by atoms with E-state index in [4.69, 9.17) is 4.65 Å². The minimum atomic E-state index is -0.864. The number of rotatable bonds is 4. The molecule has 1 rings (SSSR count). The van der Waals surface area contributed by atoms with Gasteiger partial charge in [0.25, 0.3) is 0 Å². The first-order chi connectivity index (χ1) is 8.24. The summed E-state index contributed by atoms with van der Waals surface area (Å²) in [5.41, 5.74) is 0.513. The molecule has 5 heteroatoms. The molecular weight excluding hydrogens is 229 g/mol. The number of hydrogen-bond acceptors (Lipinski definition) is 3. The molecule has 102 valence electrons. The first-order valence-corrected chi connectivity index (χ1v) is 6.54. The molecule has 0 aromatic rings. The van der Waals surface area contributed by atoms with Gasteiger partial charge in [-0.15, -0.1) is 0 Å². The van der Waals surface area contributed by atoms with Crippen LogP contribution < -0.4 is 0 Å². The SMILES string of the molecule is CC(=O)N1CC=C(B(O)OC(C)(C)C(C)C)CC1. The van der Waals surface area contributed by atoms with E-state index in [9.17, 15) is 9.82 Å². The average Bonchev–Trinajstić information content (AvgIpc) is 2.28. The van der Waals surface area contributed by atoms with E-state index in [0.717, 1.165) is 5.47 Å². The van der Waals surface area contributed by atoms with Crippen LogP contribution in [-0.2, 0) is 9.45 Å². The zero-order chi connectivity index (χ0) is 13.9. The quantitative estimate of drug-likeness (QED) is 0.775. The largest absolute Gasteiger partial charge is 0.487 e. The van der Waals surface area contributed by atoms with E-state index in [0.29, 0.717) is 25.4 Å². The van der Waals surface area contributed by atoms with Crippen molar-refractivity contribution in [1.29, 1.82) is 0 Å². The summed E-state index contributed by atoms with van der Waals surface area (Å²) in [6, 6.07) is 0. The van der Waals surface area contributed by atoms with Gasteiger partial charge in [-0.2, -0.15) is 0 Å². The topological polar surface area (TPSA) is 49.8 Å². The lowest BCUT2D eigenvalue weighted by Gasteiger charge is -2.33. The Kier molecular flexibility index (Phi) is 4.99. The lowest BCUT2D eigenvalue weighted by molar-refractivity contribution is -0.128. The summed E-state index contributed by atoms with van der Waals surface area (Å²) in [5, 5.41) is 10.1. The summed E-state index contributed by atoms with van der Waals surface area (Å²) >= 11 is 0. The molecule has 1 aliphatic heterocycles. The molecule has 0 bridgehead atoms. The molecule has 1 heterocycles. The highest BCUT2D eigenvalue weighted by molar-refractivity contribution is 6.52. The van der Waals surface area contributed by atoms with Gasteiger partial charge in [0.05, 0.1) is 5.60 Å². The van der Waals surface area contributed by atoms with Gasteiger partial charge < -0.3 is 14.6 Å². The Bertz CT molecular complexity index is 339. The minimum absolute atomic E-state index is 0.0724. The van der Waals surface area contributed by atoms with Crippen LogP contribution in [0.4, 0.5) is 0 Å². The van der Waals surface area contributed by atoms with Crippen molar-refractivity contribution in [3.63, 3.8) is 0 Å². The van der Waals surface area contributed by atoms with E-state index >= 15 is 0 Å². The second-order valence-electron chi connectivity index (χ2n) is 5.72. The molecule has 4 nitrogen and oxygen atoms in total. The van der Waals surface area contributed by atoms with Crippen molar-refractivity contribution in [3.8, 4) is 0 Å². The van der Waals surface area contributed by atoms with Gasteiger partial charge in [0.15, 0.2) is 0 Å². The van der Waals surface area contributed by atoms with Crippen LogP contribution in [0.15, 0.2) is 11.5 Å². The van der Waals surface area contributed by atoms with E-state index in [2.05, 4.69) is 13.8 Å². The Morgan fingerprint density at radius 1 is 1.56 bits per heavy atom. The van der Waals surface area contributed by atoms with Crippen LogP contribution in [0.5, 0.6) is 0 Å². The third-order valence-electron chi connectivity index (χ3n) is 3.81. The third-order valence-corrected chi connectivity index (χ3v) is 3.81. The zero-order valence-corrected chi connectivity index (χ0v) is 12.1. The summed E-state index contributed by atoms with van der Waals surface area (Å²) in [6.45, 7) is 10.9. The maximum atomic E-state index is 11.2. The van der Waals surface area contributed by atoms with Crippen molar-refractivity contribution in [2.75, 3.05) is 13.1 Å². The molecule has 0 saturated heterocycles. The van der Waals surface area contributed by atoms with Gasteiger partial charge in [0, 0.05) is 20.0 Å². The summed E-state index contributed by atoms with van der Waals surface area (Å²) < 4.78 is 5.72. The highest BCUT2D eigenvalue weighted by atomic mass is 16.5. The summed E-state index contributed by atoms with van der Waals surface area (Å²) in [5.74, 6) is 0.397. The van der Waals surface area contributed by atoms with Gasteiger partial charge >= 0.3 is 7.12 Å². The number of hydrogen-bond donors (Lipinski definition) is 1. The van der Waals surface area contributed by atoms with Gasteiger partial charge in [-0.25, -0.2) is 0 Å². The molecule has 0 atom stereocenters. The van der Waals surface area contributed by atoms with Gasteiger partial charge in [-0.05, 0) is 31.7 Å². The van der Waals surface area contributed by atoms with Crippen molar-refractivity contribution >= 4 is 13.0 Å². The fourth-order valence-electron chi connectivity index (χ4n) is 1.69. The lowest BCUT2D eigenvalue weighted by atomic mass is 9.73. The maximum Gasteiger partial charge on any atom is 0.487 e. The monoisotopic (exact) mass is 253 g/mol. The van der Waals surface area contributed by atoms with Crippen LogP contribution in [0.25, 0.3) is 0 Å². The Morgan fingerprint density at radius 2 is 2.17 bits per heavy atom. The zero-order valence-electron chi connectivity index (χ0n) is 12.1. The van der Waals surface area contributed by atoms with Gasteiger partial charge in [0.1, 0.15) is 0 Å². The van der Waals surface area contributed by atoms with Crippen LogP contribution in [0, 0.1) is 5.92 Å². The van der Waals surface area contributed by atoms with Crippen molar-refractivity contribution in [2.24, 2.45) is 5.92 Å². The maximum absolute atomic E-state index is 11.2. The minimum Gasteiger partial charge on any atom is -0.423 e. The van der Waals surface area contributed by atoms with Crippen LogP contribution in [0.1, 0.15) is 41.0 Å². The standard InChI is InChI=1S/C13H24BNO3/c1-10(2)13(4,5)18-14(17)12-6-8-15(9-7-12)11(3)16/h6,10,17H,7-9H2,1-5H3. The van der Waals surface area contributed by atoms with Gasteiger partial charge in [-0.1, -0.05) is 19.9 Å². The Balaban J connectivity index is 2.59. The summed E-state index contributed by atoms with van der Waals surface area (Å²) in [4.78, 5) is 13.0. The highest BCUT2D eigenvalue weighted by Gasteiger charge is 2.32. The normalized spacial score (nSPS) is 16.8. The molecule has 1 amide bonds. The molecule has 0 unspecified atom stereocenters. The average molecular weight is 253 g/mol. The molecule has 1 aliphatic rings. The van der Waals surface area contributed by atoms with Crippen LogP contribution >= 0.6 is 0 Å². The first kappa shape index (κ1) is 15.3. The molecule has 0 spiro atoms. The predicted octanol–water partition coefficient (Wildman–Crippen LogP) is 1.64. The number of amides is 1. The molecule has 0 saturated carbocycles. The first-order valence-electron chi connectivity index (χ1n) is 6.54. The molecule has 0 radical (unpaired) electrons. The predicted molar refractivity (Wildman–Crippen MR) is 72.9 cm³/mol. The molecule has 18 heavy (non-hydrogen) atoms. The Hall–Kier alpha value is -0.805. The van der Waals surface area contributed by atoms with Crippen molar-refractivity contribution in [3.05, 3.63) is 11.5 Å². The van der Waals surface area contributed by atoms with E-state index < -0.39 is 7.12 Å². The molecular formula is C13H24BNO3. The van der Waals surface area contributed by atoms with Crippen molar-refractivity contribution in [2.45, 2.75) is 46.6 Å². The molecule has 0 aromatic carbocycles. The molecule has 1 N–H and O–H groups in total.